The fraction of sp³-hybridized carbons (Fsp3) is 0.444. The number of hydrogen-bond acceptors (Lipinski definition) is 5. The van der Waals surface area contributed by atoms with Gasteiger partial charge < -0.3 is 5.32 Å². The Balaban J connectivity index is 2.09. The molecule has 0 saturated heterocycles. The third-order valence-electron chi connectivity index (χ3n) is 2.19. The summed E-state index contributed by atoms with van der Waals surface area (Å²) in [6.45, 7) is 2.01. The Kier molecular flexibility index (Phi) is 3.08. The van der Waals surface area contributed by atoms with Crippen LogP contribution >= 0.6 is 11.3 Å². The molecule has 1 atom stereocenters. The van der Waals surface area contributed by atoms with Crippen molar-refractivity contribution in [2.24, 2.45) is 0 Å². The number of aryl methyl sites for hydroxylation is 1. The van der Waals surface area contributed by atoms with E-state index in [1.165, 1.54) is 6.33 Å². The van der Waals surface area contributed by atoms with E-state index in [1.807, 2.05) is 14.0 Å². The van der Waals surface area contributed by atoms with Gasteiger partial charge in [-0.1, -0.05) is 0 Å². The third kappa shape index (κ3) is 2.40. The lowest BCUT2D eigenvalue weighted by atomic mass is 10.1. The van der Waals surface area contributed by atoms with Gasteiger partial charge in [0.15, 0.2) is 0 Å². The Morgan fingerprint density at radius 3 is 3.00 bits per heavy atom. The lowest BCUT2D eigenvalue weighted by molar-refractivity contribution is 0.554. The summed E-state index contributed by atoms with van der Waals surface area (Å²) in [6, 6.07) is 0.147. The largest absolute Gasteiger partial charge is 0.310 e. The summed E-state index contributed by atoms with van der Waals surface area (Å²) >= 11 is 1.67. The average Bonchev–Trinajstić information content (AvgIpc) is 2.85. The maximum absolute atomic E-state index is 4.42. The molecule has 0 amide bonds. The predicted octanol–water partition coefficient (Wildman–Crippen LogP) is 1.07. The highest BCUT2D eigenvalue weighted by Gasteiger charge is 2.14. The quantitative estimate of drug-likeness (QED) is 0.813. The van der Waals surface area contributed by atoms with Gasteiger partial charge in [0.25, 0.3) is 0 Å². The van der Waals surface area contributed by atoms with E-state index < -0.39 is 0 Å². The Morgan fingerprint density at radius 1 is 1.60 bits per heavy atom. The van der Waals surface area contributed by atoms with Crippen LogP contribution in [-0.2, 0) is 6.42 Å². The van der Waals surface area contributed by atoms with Gasteiger partial charge in [-0.3, -0.25) is 5.10 Å². The first kappa shape index (κ1) is 10.3. The van der Waals surface area contributed by atoms with Crippen molar-refractivity contribution in [2.75, 3.05) is 7.05 Å². The molecule has 1 unspecified atom stereocenters. The molecule has 2 heterocycles. The molecule has 0 aliphatic heterocycles. The second-order valence-electron chi connectivity index (χ2n) is 3.27. The third-order valence-corrected chi connectivity index (χ3v) is 3.01. The SMILES string of the molecule is CNC(Cc1csc(C)n1)c1ncn[nH]1. The molecular weight excluding hydrogens is 210 g/mol. The topological polar surface area (TPSA) is 66.5 Å². The number of nitrogens with zero attached hydrogens (tertiary/aromatic N) is 3. The Morgan fingerprint density at radius 2 is 2.47 bits per heavy atom. The van der Waals surface area contributed by atoms with Crippen LogP contribution in [0.25, 0.3) is 0 Å². The zero-order valence-corrected chi connectivity index (χ0v) is 9.51. The van der Waals surface area contributed by atoms with Crippen LogP contribution in [0, 0.1) is 6.92 Å². The smallest absolute Gasteiger partial charge is 0.141 e. The fourth-order valence-corrected chi connectivity index (χ4v) is 2.05. The zero-order chi connectivity index (χ0) is 10.7. The molecule has 0 aliphatic rings. The van der Waals surface area contributed by atoms with Crippen molar-refractivity contribution < 1.29 is 0 Å². The molecule has 5 nitrogen and oxygen atoms in total. The summed E-state index contributed by atoms with van der Waals surface area (Å²) < 4.78 is 0. The molecule has 0 bridgehead atoms. The summed E-state index contributed by atoms with van der Waals surface area (Å²) in [5, 5.41) is 13.1. The van der Waals surface area contributed by atoms with Crippen molar-refractivity contribution in [3.8, 4) is 0 Å². The van der Waals surface area contributed by atoms with Crippen LogP contribution in [-0.4, -0.2) is 27.2 Å². The van der Waals surface area contributed by atoms with Crippen LogP contribution in [0.4, 0.5) is 0 Å². The lowest BCUT2D eigenvalue weighted by Crippen LogP contribution is -2.20. The van der Waals surface area contributed by atoms with E-state index in [0.29, 0.717) is 0 Å². The van der Waals surface area contributed by atoms with Crippen LogP contribution in [0.2, 0.25) is 0 Å². The predicted molar refractivity (Wildman–Crippen MR) is 58.7 cm³/mol. The Hall–Kier alpha value is -1.27. The molecule has 0 spiro atoms. The molecule has 6 heteroatoms. The van der Waals surface area contributed by atoms with Crippen LogP contribution in [0.1, 0.15) is 22.6 Å². The Labute approximate surface area is 92.0 Å². The molecule has 0 fully saturated rings. The van der Waals surface area contributed by atoms with Crippen molar-refractivity contribution in [3.05, 3.63) is 28.2 Å². The fourth-order valence-electron chi connectivity index (χ4n) is 1.43. The molecular formula is C9H13N5S. The van der Waals surface area contributed by atoms with Crippen molar-refractivity contribution in [3.63, 3.8) is 0 Å². The van der Waals surface area contributed by atoms with Gasteiger partial charge >= 0.3 is 0 Å². The maximum Gasteiger partial charge on any atom is 0.141 e. The number of likely N-dealkylation sites (N-methyl/N-ethyl adjacent to an activating group) is 1. The first-order valence-corrected chi connectivity index (χ1v) is 5.61. The number of rotatable bonds is 4. The molecule has 2 N–H and O–H groups in total. The van der Waals surface area contributed by atoms with E-state index in [2.05, 4.69) is 30.9 Å². The van der Waals surface area contributed by atoms with Gasteiger partial charge in [-0.25, -0.2) is 9.97 Å². The summed E-state index contributed by atoms with van der Waals surface area (Å²) in [5.41, 5.74) is 1.09. The van der Waals surface area contributed by atoms with E-state index in [-0.39, 0.29) is 6.04 Å². The van der Waals surface area contributed by atoms with E-state index in [0.717, 1.165) is 22.9 Å². The van der Waals surface area contributed by atoms with Crippen molar-refractivity contribution in [1.82, 2.24) is 25.5 Å². The van der Waals surface area contributed by atoms with Crippen LogP contribution < -0.4 is 5.32 Å². The monoisotopic (exact) mass is 223 g/mol. The normalized spacial score (nSPS) is 12.9. The second kappa shape index (κ2) is 4.50. The summed E-state index contributed by atoms with van der Waals surface area (Å²) in [5.74, 6) is 0.850. The van der Waals surface area contributed by atoms with Gasteiger partial charge in [0, 0.05) is 11.8 Å². The highest BCUT2D eigenvalue weighted by Crippen LogP contribution is 2.16. The number of H-pyrrole nitrogens is 1. The zero-order valence-electron chi connectivity index (χ0n) is 8.69. The molecule has 2 aromatic rings. The molecule has 0 aromatic carbocycles. The van der Waals surface area contributed by atoms with Crippen LogP contribution in [0.3, 0.4) is 0 Å². The molecule has 0 radical (unpaired) electrons. The molecule has 2 aromatic heterocycles. The summed E-state index contributed by atoms with van der Waals surface area (Å²) in [4.78, 5) is 8.56. The van der Waals surface area contributed by atoms with Gasteiger partial charge in [-0.2, -0.15) is 5.10 Å². The number of thiazole rings is 1. The lowest BCUT2D eigenvalue weighted by Gasteiger charge is -2.10. The van der Waals surface area contributed by atoms with Crippen molar-refractivity contribution >= 4 is 11.3 Å². The first-order chi connectivity index (χ1) is 7.29. The van der Waals surface area contributed by atoms with Crippen LogP contribution in [0.15, 0.2) is 11.7 Å². The maximum atomic E-state index is 4.42. The van der Waals surface area contributed by atoms with E-state index >= 15 is 0 Å². The minimum atomic E-state index is 0.147. The molecule has 15 heavy (non-hydrogen) atoms. The number of aromatic amines is 1. The van der Waals surface area contributed by atoms with E-state index in [1.54, 1.807) is 11.3 Å². The number of nitrogens with one attached hydrogen (secondary N) is 2. The van der Waals surface area contributed by atoms with Gasteiger partial charge in [-0.15, -0.1) is 11.3 Å². The van der Waals surface area contributed by atoms with E-state index in [4.69, 9.17) is 0 Å². The number of aromatic nitrogens is 4. The highest BCUT2D eigenvalue weighted by molar-refractivity contribution is 7.09. The van der Waals surface area contributed by atoms with Crippen LogP contribution in [0.5, 0.6) is 0 Å². The minimum absolute atomic E-state index is 0.147. The minimum Gasteiger partial charge on any atom is -0.310 e. The van der Waals surface area contributed by atoms with E-state index in [9.17, 15) is 0 Å². The van der Waals surface area contributed by atoms with Crippen molar-refractivity contribution in [1.29, 1.82) is 0 Å². The summed E-state index contributed by atoms with van der Waals surface area (Å²) in [6.07, 6.45) is 2.35. The first-order valence-electron chi connectivity index (χ1n) is 4.73. The standard InChI is InChI=1S/C9H13N5S/c1-6-13-7(4-15-6)3-8(10-2)9-11-5-12-14-9/h4-5,8,10H,3H2,1-2H3,(H,11,12,14). The second-order valence-corrected chi connectivity index (χ2v) is 4.34. The molecule has 0 saturated carbocycles. The average molecular weight is 223 g/mol. The van der Waals surface area contributed by atoms with Gasteiger partial charge in [0.2, 0.25) is 0 Å². The molecule has 2 rings (SSSR count). The molecule has 80 valence electrons. The van der Waals surface area contributed by atoms with Crippen molar-refractivity contribution in [2.45, 2.75) is 19.4 Å². The number of hydrogen-bond donors (Lipinski definition) is 2. The van der Waals surface area contributed by atoms with Gasteiger partial charge in [0.1, 0.15) is 12.2 Å². The highest BCUT2D eigenvalue weighted by atomic mass is 32.1. The van der Waals surface area contributed by atoms with Gasteiger partial charge in [-0.05, 0) is 14.0 Å². The Bertz CT molecular complexity index is 408. The summed E-state index contributed by atoms with van der Waals surface area (Å²) in [7, 11) is 1.91. The molecule has 0 aliphatic carbocycles. The van der Waals surface area contributed by atoms with Gasteiger partial charge in [0.05, 0.1) is 16.7 Å².